The van der Waals surface area contributed by atoms with Gasteiger partial charge in [0.15, 0.2) is 5.11 Å². The molecule has 21 heavy (non-hydrogen) atoms. The van der Waals surface area contributed by atoms with Gasteiger partial charge in [-0.3, -0.25) is 0 Å². The second-order valence-electron chi connectivity index (χ2n) is 4.14. The number of halogens is 4. The smallest absolute Gasteiger partial charge is 0.332 e. The van der Waals surface area contributed by atoms with Gasteiger partial charge in [-0.2, -0.15) is 13.2 Å². The Labute approximate surface area is 133 Å². The molecule has 0 radical (unpaired) electrons. The summed E-state index contributed by atoms with van der Waals surface area (Å²) >= 11 is 7.96. The number of para-hydroxylation sites is 1. The van der Waals surface area contributed by atoms with Gasteiger partial charge >= 0.3 is 6.18 Å². The van der Waals surface area contributed by atoms with Crippen LogP contribution in [0.15, 0.2) is 53.0 Å². The third kappa shape index (κ3) is 4.44. The maximum Gasteiger partial charge on any atom is 0.417 e. The Morgan fingerprint density at radius 3 is 2.19 bits per heavy atom. The highest BCUT2D eigenvalue weighted by Gasteiger charge is 2.33. The summed E-state index contributed by atoms with van der Waals surface area (Å²) in [4.78, 5) is 0. The van der Waals surface area contributed by atoms with Crippen molar-refractivity contribution in [2.45, 2.75) is 6.18 Å². The zero-order valence-corrected chi connectivity index (χ0v) is 12.9. The largest absolute Gasteiger partial charge is 0.417 e. The molecule has 0 bridgehead atoms. The van der Waals surface area contributed by atoms with E-state index in [1.807, 2.05) is 18.2 Å². The predicted molar refractivity (Wildman–Crippen MR) is 85.4 cm³/mol. The SMILES string of the molecule is FC(F)(F)c1cc(NC(=S)Nc2ccccc2)ccc1Br. The first-order chi connectivity index (χ1) is 9.86. The zero-order valence-electron chi connectivity index (χ0n) is 10.5. The number of alkyl halides is 3. The van der Waals surface area contributed by atoms with Crippen LogP contribution in [0.1, 0.15) is 5.56 Å². The fourth-order valence-electron chi connectivity index (χ4n) is 1.64. The lowest BCUT2D eigenvalue weighted by molar-refractivity contribution is -0.138. The van der Waals surface area contributed by atoms with Gasteiger partial charge in [0, 0.05) is 15.8 Å². The molecule has 0 amide bonds. The Hall–Kier alpha value is -1.60. The van der Waals surface area contributed by atoms with Crippen molar-refractivity contribution < 1.29 is 13.2 Å². The van der Waals surface area contributed by atoms with Gasteiger partial charge in [-0.15, -0.1) is 0 Å². The third-order valence-corrected chi connectivity index (χ3v) is 3.46. The van der Waals surface area contributed by atoms with Gasteiger partial charge in [0.25, 0.3) is 0 Å². The van der Waals surface area contributed by atoms with Crippen LogP contribution >= 0.6 is 28.1 Å². The lowest BCUT2D eigenvalue weighted by Crippen LogP contribution is -2.19. The first-order valence-electron chi connectivity index (χ1n) is 5.86. The van der Waals surface area contributed by atoms with Crippen molar-refractivity contribution in [3.05, 3.63) is 58.6 Å². The molecule has 2 aromatic rings. The quantitative estimate of drug-likeness (QED) is 0.699. The van der Waals surface area contributed by atoms with Crippen molar-refractivity contribution in [2.24, 2.45) is 0 Å². The van der Waals surface area contributed by atoms with Gasteiger partial charge in [-0.25, -0.2) is 0 Å². The van der Waals surface area contributed by atoms with Gasteiger partial charge < -0.3 is 10.6 Å². The molecule has 0 unspecified atom stereocenters. The van der Waals surface area contributed by atoms with Crippen LogP contribution < -0.4 is 10.6 Å². The normalized spacial score (nSPS) is 11.0. The fourth-order valence-corrected chi connectivity index (χ4v) is 2.34. The maximum atomic E-state index is 12.8. The summed E-state index contributed by atoms with van der Waals surface area (Å²) in [5.74, 6) is 0. The number of hydrogen-bond acceptors (Lipinski definition) is 1. The number of thiocarbonyl (C=S) groups is 1. The molecule has 0 heterocycles. The average molecular weight is 375 g/mol. The molecule has 0 aliphatic heterocycles. The van der Waals surface area contributed by atoms with Crippen LogP contribution in [0.5, 0.6) is 0 Å². The molecule has 0 saturated carbocycles. The predicted octanol–water partition coefficient (Wildman–Crippen LogP) is 5.28. The van der Waals surface area contributed by atoms with Gasteiger partial charge in [0.05, 0.1) is 5.56 Å². The molecule has 0 atom stereocenters. The lowest BCUT2D eigenvalue weighted by Gasteiger charge is -2.14. The van der Waals surface area contributed by atoms with Crippen LogP contribution in [0, 0.1) is 0 Å². The van der Waals surface area contributed by atoms with E-state index in [0.717, 1.165) is 11.8 Å². The number of anilines is 2. The zero-order chi connectivity index (χ0) is 15.5. The number of benzene rings is 2. The molecule has 2 nitrogen and oxygen atoms in total. The number of hydrogen-bond donors (Lipinski definition) is 2. The Kier molecular flexibility index (Phi) is 4.84. The summed E-state index contributed by atoms with van der Waals surface area (Å²) in [6.45, 7) is 0. The molecular weight excluding hydrogens is 365 g/mol. The van der Waals surface area contributed by atoms with Crippen molar-refractivity contribution in [3.8, 4) is 0 Å². The van der Waals surface area contributed by atoms with E-state index < -0.39 is 11.7 Å². The minimum atomic E-state index is -4.43. The summed E-state index contributed by atoms with van der Waals surface area (Å²) < 4.78 is 38.4. The molecule has 0 aliphatic carbocycles. The molecular formula is C14H10BrF3N2S. The van der Waals surface area contributed by atoms with Crippen molar-refractivity contribution in [1.29, 1.82) is 0 Å². The highest BCUT2D eigenvalue weighted by Crippen LogP contribution is 2.36. The van der Waals surface area contributed by atoms with Crippen LogP contribution in [0.25, 0.3) is 0 Å². The van der Waals surface area contributed by atoms with E-state index in [2.05, 4.69) is 26.6 Å². The molecule has 0 aliphatic rings. The van der Waals surface area contributed by atoms with E-state index in [0.29, 0.717) is 0 Å². The van der Waals surface area contributed by atoms with Gasteiger partial charge in [-0.05, 0) is 42.5 Å². The summed E-state index contributed by atoms with van der Waals surface area (Å²) in [5.41, 5.74) is 0.261. The first-order valence-corrected chi connectivity index (χ1v) is 7.06. The first kappa shape index (κ1) is 15.8. The summed E-state index contributed by atoms with van der Waals surface area (Å²) in [6.07, 6.45) is -4.43. The minimum Gasteiger partial charge on any atom is -0.332 e. The van der Waals surface area contributed by atoms with E-state index >= 15 is 0 Å². The van der Waals surface area contributed by atoms with Gasteiger partial charge in [-0.1, -0.05) is 34.1 Å². The second kappa shape index (κ2) is 6.44. The molecule has 2 N–H and O–H groups in total. The van der Waals surface area contributed by atoms with E-state index in [4.69, 9.17) is 12.2 Å². The van der Waals surface area contributed by atoms with Gasteiger partial charge in [0.2, 0.25) is 0 Å². The maximum absolute atomic E-state index is 12.8. The van der Waals surface area contributed by atoms with Crippen molar-refractivity contribution >= 4 is 44.6 Å². The van der Waals surface area contributed by atoms with Crippen LogP contribution in [-0.2, 0) is 6.18 Å². The highest BCUT2D eigenvalue weighted by molar-refractivity contribution is 9.10. The Morgan fingerprint density at radius 2 is 1.57 bits per heavy atom. The topological polar surface area (TPSA) is 24.1 Å². The molecule has 7 heteroatoms. The van der Waals surface area contributed by atoms with E-state index in [1.165, 1.54) is 12.1 Å². The summed E-state index contributed by atoms with van der Waals surface area (Å²) in [5, 5.41) is 5.84. The van der Waals surface area contributed by atoms with Crippen LogP contribution in [-0.4, -0.2) is 5.11 Å². The third-order valence-electron chi connectivity index (χ3n) is 2.56. The standard InChI is InChI=1S/C14H10BrF3N2S/c15-12-7-6-10(8-11(12)14(16,17)18)20-13(21)19-9-4-2-1-3-5-9/h1-8H,(H2,19,20,21). The Morgan fingerprint density at radius 1 is 0.952 bits per heavy atom. The molecule has 2 rings (SSSR count). The molecule has 110 valence electrons. The van der Waals surface area contributed by atoms with Crippen LogP contribution in [0.3, 0.4) is 0 Å². The van der Waals surface area contributed by atoms with E-state index in [1.54, 1.807) is 12.1 Å². The van der Waals surface area contributed by atoms with Crippen molar-refractivity contribution in [3.63, 3.8) is 0 Å². The second-order valence-corrected chi connectivity index (χ2v) is 5.40. The van der Waals surface area contributed by atoms with Crippen molar-refractivity contribution in [1.82, 2.24) is 0 Å². The van der Waals surface area contributed by atoms with Crippen LogP contribution in [0.4, 0.5) is 24.5 Å². The Balaban J connectivity index is 2.11. The molecule has 0 saturated heterocycles. The Bertz CT molecular complexity index is 644. The number of rotatable bonds is 2. The number of nitrogens with one attached hydrogen (secondary N) is 2. The summed E-state index contributed by atoms with van der Waals surface area (Å²) in [6, 6.07) is 13.0. The van der Waals surface area contributed by atoms with Gasteiger partial charge in [0.1, 0.15) is 0 Å². The van der Waals surface area contributed by atoms with Crippen LogP contribution in [0.2, 0.25) is 0 Å². The molecule has 0 spiro atoms. The highest BCUT2D eigenvalue weighted by atomic mass is 79.9. The lowest BCUT2D eigenvalue weighted by atomic mass is 10.2. The fraction of sp³-hybridized carbons (Fsp3) is 0.0714. The monoisotopic (exact) mass is 374 g/mol. The average Bonchev–Trinajstić information content (AvgIpc) is 2.41. The summed E-state index contributed by atoms with van der Waals surface area (Å²) in [7, 11) is 0. The minimum absolute atomic E-state index is 0.0116. The molecule has 0 fully saturated rings. The van der Waals surface area contributed by atoms with Crippen molar-refractivity contribution in [2.75, 3.05) is 10.6 Å². The van der Waals surface area contributed by atoms with E-state index in [-0.39, 0.29) is 15.3 Å². The molecule has 0 aromatic heterocycles. The molecule has 2 aromatic carbocycles. The van der Waals surface area contributed by atoms with E-state index in [9.17, 15) is 13.2 Å².